The highest BCUT2D eigenvalue weighted by atomic mass is 15.1. The number of rotatable bonds is 8. The number of anilines is 3. The number of fused-ring (bicyclic) bond motifs is 1. The second-order valence-electron chi connectivity index (χ2n) is 14.6. The first-order valence-electron chi connectivity index (χ1n) is 18.8. The lowest BCUT2D eigenvalue weighted by atomic mass is 9.78. The Morgan fingerprint density at radius 3 is 0.963 bits per heavy atom. The molecule has 1 aliphatic rings. The molecule has 0 amide bonds. The first-order valence-corrected chi connectivity index (χ1v) is 18.8. The summed E-state index contributed by atoms with van der Waals surface area (Å²) in [5, 5.41) is 0. The number of hydrogen-bond donors (Lipinski definition) is 0. The van der Waals surface area contributed by atoms with Gasteiger partial charge in [-0.1, -0.05) is 184 Å². The second kappa shape index (κ2) is 14.0. The van der Waals surface area contributed by atoms with Gasteiger partial charge in [0.15, 0.2) is 0 Å². The summed E-state index contributed by atoms with van der Waals surface area (Å²) in [7, 11) is 0. The number of nitrogens with zero attached hydrogens (tertiary/aromatic N) is 1. The van der Waals surface area contributed by atoms with Crippen LogP contribution in [-0.2, 0) is 5.41 Å². The Morgan fingerprint density at radius 1 is 0.296 bits per heavy atom. The van der Waals surface area contributed by atoms with Crippen LogP contribution in [0, 0.1) is 0 Å². The van der Waals surface area contributed by atoms with Crippen LogP contribution in [0.25, 0.3) is 56.2 Å². The molecule has 1 heteroatoms. The van der Waals surface area contributed by atoms with E-state index < -0.39 is 0 Å². The van der Waals surface area contributed by atoms with E-state index >= 15 is 0 Å². The van der Waals surface area contributed by atoms with Crippen LogP contribution in [0.4, 0.5) is 17.1 Å². The van der Waals surface area contributed by atoms with Crippen LogP contribution in [-0.4, -0.2) is 0 Å². The highest BCUT2D eigenvalue weighted by molar-refractivity contribution is 5.94. The maximum atomic E-state index is 2.36. The van der Waals surface area contributed by atoms with Gasteiger partial charge in [0.2, 0.25) is 0 Å². The topological polar surface area (TPSA) is 3.24 Å². The average molecular weight is 692 g/mol. The van der Waals surface area contributed by atoms with Gasteiger partial charge in [0.05, 0.1) is 0 Å². The van der Waals surface area contributed by atoms with Gasteiger partial charge in [0.25, 0.3) is 0 Å². The van der Waals surface area contributed by atoms with Gasteiger partial charge in [0, 0.05) is 22.5 Å². The molecule has 1 aliphatic carbocycles. The van der Waals surface area contributed by atoms with Crippen molar-refractivity contribution in [1.82, 2.24) is 0 Å². The Labute approximate surface area is 319 Å². The summed E-state index contributed by atoms with van der Waals surface area (Å²) in [4.78, 5) is 2.36. The van der Waals surface area contributed by atoms with Crippen LogP contribution in [0.15, 0.2) is 206 Å². The molecular weight excluding hydrogens is 651 g/mol. The maximum Gasteiger partial charge on any atom is 0.0462 e. The minimum absolute atomic E-state index is 0.0535. The third kappa shape index (κ3) is 6.35. The zero-order valence-corrected chi connectivity index (χ0v) is 30.7. The fraction of sp³-hybridized carbons (Fsp3) is 0.0566. The number of hydrogen-bond acceptors (Lipinski definition) is 1. The molecule has 0 saturated carbocycles. The molecule has 9 rings (SSSR count). The largest absolute Gasteiger partial charge is 0.311 e. The lowest BCUT2D eigenvalue weighted by Gasteiger charge is -2.28. The van der Waals surface area contributed by atoms with Crippen molar-refractivity contribution in [3.8, 4) is 44.5 Å². The maximum absolute atomic E-state index is 2.36. The molecule has 0 atom stereocenters. The minimum atomic E-state index is -0.0535. The smallest absolute Gasteiger partial charge is 0.0462 e. The molecule has 0 fully saturated rings. The summed E-state index contributed by atoms with van der Waals surface area (Å²) >= 11 is 0. The zero-order chi connectivity index (χ0) is 36.5. The first-order chi connectivity index (χ1) is 26.5. The summed E-state index contributed by atoms with van der Waals surface area (Å²) in [6.45, 7) is 4.66. The fourth-order valence-electron chi connectivity index (χ4n) is 7.93. The molecule has 0 saturated heterocycles. The second-order valence-corrected chi connectivity index (χ2v) is 14.6. The van der Waals surface area contributed by atoms with Crippen molar-refractivity contribution < 1.29 is 0 Å². The molecule has 1 nitrogen and oxygen atoms in total. The molecule has 0 unspecified atom stereocenters. The summed E-state index contributed by atoms with van der Waals surface area (Å²) < 4.78 is 0. The number of allylic oxidation sites excluding steroid dienone is 1. The van der Waals surface area contributed by atoms with Crippen molar-refractivity contribution >= 4 is 28.7 Å². The average Bonchev–Trinajstić information content (AvgIpc) is 3.52. The van der Waals surface area contributed by atoms with Gasteiger partial charge < -0.3 is 4.90 Å². The van der Waals surface area contributed by atoms with E-state index in [1.807, 2.05) is 0 Å². The molecule has 0 aliphatic heterocycles. The molecule has 54 heavy (non-hydrogen) atoms. The zero-order valence-electron chi connectivity index (χ0n) is 30.7. The van der Waals surface area contributed by atoms with Crippen LogP contribution < -0.4 is 4.90 Å². The highest BCUT2D eigenvalue weighted by Crippen LogP contribution is 2.47. The predicted molar refractivity (Wildman–Crippen MR) is 230 cm³/mol. The molecule has 0 spiro atoms. The minimum Gasteiger partial charge on any atom is -0.311 e. The molecule has 8 aromatic rings. The van der Waals surface area contributed by atoms with Crippen LogP contribution in [0.2, 0.25) is 0 Å². The van der Waals surface area contributed by atoms with E-state index in [0.717, 1.165) is 17.1 Å². The van der Waals surface area contributed by atoms with Gasteiger partial charge in [0.1, 0.15) is 0 Å². The van der Waals surface area contributed by atoms with E-state index in [2.05, 4.69) is 231 Å². The monoisotopic (exact) mass is 691 g/mol. The molecule has 258 valence electrons. The van der Waals surface area contributed by atoms with Crippen molar-refractivity contribution in [2.75, 3.05) is 4.90 Å². The first kappa shape index (κ1) is 33.2. The highest BCUT2D eigenvalue weighted by Gasteiger charge is 2.33. The van der Waals surface area contributed by atoms with E-state index in [1.165, 1.54) is 66.8 Å². The Kier molecular flexibility index (Phi) is 8.61. The van der Waals surface area contributed by atoms with Crippen molar-refractivity contribution in [3.63, 3.8) is 0 Å². The molecule has 8 aromatic carbocycles. The summed E-state index contributed by atoms with van der Waals surface area (Å²) in [5.74, 6) is 0. The Bertz CT molecular complexity index is 2420. The van der Waals surface area contributed by atoms with Crippen LogP contribution in [0.1, 0.15) is 30.5 Å². The van der Waals surface area contributed by atoms with E-state index in [0.29, 0.717) is 0 Å². The summed E-state index contributed by atoms with van der Waals surface area (Å²) in [6.07, 6.45) is 2.36. The lowest BCUT2D eigenvalue weighted by molar-refractivity contribution is 0.704. The Morgan fingerprint density at radius 2 is 0.593 bits per heavy atom. The van der Waals surface area contributed by atoms with Crippen LogP contribution in [0.5, 0.6) is 0 Å². The lowest BCUT2D eigenvalue weighted by Crippen LogP contribution is -2.16. The van der Waals surface area contributed by atoms with Gasteiger partial charge in [-0.05, 0) is 109 Å². The van der Waals surface area contributed by atoms with Gasteiger partial charge >= 0.3 is 0 Å². The van der Waals surface area contributed by atoms with Gasteiger partial charge in [-0.15, -0.1) is 0 Å². The Balaban J connectivity index is 1.04. The molecule has 0 bridgehead atoms. The predicted octanol–water partition coefficient (Wildman–Crippen LogP) is 14.7. The van der Waals surface area contributed by atoms with Crippen molar-refractivity contribution in [2.45, 2.75) is 19.3 Å². The Hall–Kier alpha value is -6.70. The molecule has 0 aromatic heterocycles. The van der Waals surface area contributed by atoms with Crippen molar-refractivity contribution in [1.29, 1.82) is 0 Å². The van der Waals surface area contributed by atoms with Gasteiger partial charge in [-0.2, -0.15) is 0 Å². The van der Waals surface area contributed by atoms with Gasteiger partial charge in [-0.3, -0.25) is 0 Å². The SMILES string of the molecule is CC1(C)C(c2ccc(N(c3ccc(-c4ccc(-c5ccccc5)cc4)cc3)c3ccc(-c4ccc(-c5ccccc5)cc4)cc3)cc2)=Cc2ccccc21. The standard InChI is InChI=1S/C53H41N/c1-53(2)51-16-10-9-15-47(51)37-52(53)46-29-35-50(36-30-46)54(48-31-25-44(26-32-48)42-21-17-40(18-22-42)38-11-5-3-6-12-38)49-33-27-45(28-34-49)43-23-19-41(20-24-43)39-13-7-4-8-14-39/h3-37H,1-2H3. The third-order valence-corrected chi connectivity index (χ3v) is 10.9. The van der Waals surface area contributed by atoms with Gasteiger partial charge in [-0.25, -0.2) is 0 Å². The van der Waals surface area contributed by atoms with Crippen LogP contribution in [0.3, 0.4) is 0 Å². The number of benzene rings is 8. The van der Waals surface area contributed by atoms with Crippen molar-refractivity contribution in [3.05, 3.63) is 223 Å². The molecule has 0 radical (unpaired) electrons. The van der Waals surface area contributed by atoms with Crippen LogP contribution >= 0.6 is 0 Å². The molecule has 0 heterocycles. The van der Waals surface area contributed by atoms with E-state index in [9.17, 15) is 0 Å². The summed E-state index contributed by atoms with van der Waals surface area (Å²) in [5.41, 5.74) is 18.3. The summed E-state index contributed by atoms with van der Waals surface area (Å²) in [6, 6.07) is 74.6. The molecule has 0 N–H and O–H groups in total. The normalized spacial score (nSPS) is 12.9. The quantitative estimate of drug-likeness (QED) is 0.153. The van der Waals surface area contributed by atoms with E-state index in [4.69, 9.17) is 0 Å². The van der Waals surface area contributed by atoms with Crippen molar-refractivity contribution in [2.24, 2.45) is 0 Å². The molecular formula is C53H41N. The van der Waals surface area contributed by atoms with E-state index in [1.54, 1.807) is 0 Å². The van der Waals surface area contributed by atoms with E-state index in [-0.39, 0.29) is 5.41 Å². The third-order valence-electron chi connectivity index (χ3n) is 10.9. The fourth-order valence-corrected chi connectivity index (χ4v) is 7.93.